The van der Waals surface area contributed by atoms with Gasteiger partial charge in [-0.1, -0.05) is 20.3 Å². The first kappa shape index (κ1) is 13.8. The van der Waals surface area contributed by atoms with Gasteiger partial charge in [-0.3, -0.25) is 9.69 Å². The van der Waals surface area contributed by atoms with Crippen molar-refractivity contribution in [3.63, 3.8) is 0 Å². The van der Waals surface area contributed by atoms with Crippen molar-refractivity contribution in [3.05, 3.63) is 0 Å². The average molecular weight is 253 g/mol. The summed E-state index contributed by atoms with van der Waals surface area (Å²) < 4.78 is 0. The van der Waals surface area contributed by atoms with Crippen LogP contribution in [0.1, 0.15) is 33.1 Å². The number of nitrogens with two attached hydrogens (primary N) is 1. The third kappa shape index (κ3) is 3.45. The Morgan fingerprint density at radius 1 is 1.28 bits per heavy atom. The first-order valence-corrected chi connectivity index (χ1v) is 7.38. The number of nitrogens with zero attached hydrogens (tertiary/aromatic N) is 2. The fraction of sp³-hybridized carbons (Fsp3) is 0.929. The Labute approximate surface area is 110 Å². The van der Waals surface area contributed by atoms with Crippen molar-refractivity contribution in [2.24, 2.45) is 17.6 Å². The highest BCUT2D eigenvalue weighted by Crippen LogP contribution is 2.29. The Hall–Kier alpha value is -0.610. The van der Waals surface area contributed by atoms with Crippen molar-refractivity contribution in [3.8, 4) is 0 Å². The van der Waals surface area contributed by atoms with Gasteiger partial charge in [0.15, 0.2) is 0 Å². The molecule has 0 aromatic carbocycles. The van der Waals surface area contributed by atoms with Gasteiger partial charge in [-0.25, -0.2) is 0 Å². The molecule has 1 aliphatic heterocycles. The molecule has 104 valence electrons. The SMILES string of the molecule is CC[C@H](C)[C@H](N)C(=O)N1CCN(CC2CC2)CC1. The second kappa shape index (κ2) is 6.02. The van der Waals surface area contributed by atoms with Gasteiger partial charge in [0.25, 0.3) is 0 Å². The van der Waals surface area contributed by atoms with E-state index in [-0.39, 0.29) is 17.9 Å². The Kier molecular flexibility index (Phi) is 4.62. The van der Waals surface area contributed by atoms with Crippen LogP contribution in [0.2, 0.25) is 0 Å². The van der Waals surface area contributed by atoms with Gasteiger partial charge in [-0.05, 0) is 24.7 Å². The van der Waals surface area contributed by atoms with Crippen LogP contribution in [0.4, 0.5) is 0 Å². The van der Waals surface area contributed by atoms with Crippen molar-refractivity contribution in [1.82, 2.24) is 9.80 Å². The predicted molar refractivity (Wildman–Crippen MR) is 73.2 cm³/mol. The third-order valence-corrected chi connectivity index (χ3v) is 4.44. The minimum Gasteiger partial charge on any atom is -0.339 e. The maximum absolute atomic E-state index is 12.2. The molecule has 1 heterocycles. The summed E-state index contributed by atoms with van der Waals surface area (Å²) in [5.74, 6) is 1.37. The lowest BCUT2D eigenvalue weighted by molar-refractivity contribution is -0.135. The standard InChI is InChI=1S/C14H27N3O/c1-3-11(2)13(15)14(18)17-8-6-16(7-9-17)10-12-4-5-12/h11-13H,3-10,15H2,1-2H3/t11-,13-/m0/s1. The number of hydrogen-bond donors (Lipinski definition) is 1. The quantitative estimate of drug-likeness (QED) is 0.792. The molecule has 4 heteroatoms. The van der Waals surface area contributed by atoms with Gasteiger partial charge < -0.3 is 10.6 Å². The molecule has 0 unspecified atom stereocenters. The van der Waals surface area contributed by atoms with E-state index in [0.29, 0.717) is 0 Å². The molecule has 1 amide bonds. The van der Waals surface area contributed by atoms with Gasteiger partial charge in [0, 0.05) is 32.7 Å². The molecule has 1 saturated carbocycles. The summed E-state index contributed by atoms with van der Waals surface area (Å²) in [6.07, 6.45) is 3.77. The van der Waals surface area contributed by atoms with Crippen molar-refractivity contribution >= 4 is 5.91 Å². The van der Waals surface area contributed by atoms with Crippen molar-refractivity contribution in [2.45, 2.75) is 39.2 Å². The van der Waals surface area contributed by atoms with E-state index in [1.807, 2.05) is 4.90 Å². The summed E-state index contributed by atoms with van der Waals surface area (Å²) >= 11 is 0. The zero-order chi connectivity index (χ0) is 13.1. The van der Waals surface area contributed by atoms with E-state index in [9.17, 15) is 4.79 Å². The minimum atomic E-state index is -0.315. The fourth-order valence-corrected chi connectivity index (χ4v) is 2.52. The van der Waals surface area contributed by atoms with Gasteiger partial charge in [0.1, 0.15) is 0 Å². The van der Waals surface area contributed by atoms with E-state index < -0.39 is 0 Å². The molecule has 1 saturated heterocycles. The molecule has 2 rings (SSSR count). The van der Waals surface area contributed by atoms with Crippen molar-refractivity contribution in [1.29, 1.82) is 0 Å². The Bertz CT molecular complexity index is 283. The molecular weight excluding hydrogens is 226 g/mol. The first-order chi connectivity index (χ1) is 8.61. The van der Waals surface area contributed by atoms with Crippen molar-refractivity contribution in [2.75, 3.05) is 32.7 Å². The molecule has 0 bridgehead atoms. The van der Waals surface area contributed by atoms with Gasteiger partial charge in [0.05, 0.1) is 6.04 Å². The largest absolute Gasteiger partial charge is 0.339 e. The number of piperazine rings is 1. The second-order valence-electron chi connectivity index (χ2n) is 5.98. The molecular formula is C14H27N3O. The highest BCUT2D eigenvalue weighted by Gasteiger charge is 2.30. The highest BCUT2D eigenvalue weighted by atomic mass is 16.2. The van der Waals surface area contributed by atoms with E-state index in [1.54, 1.807) is 0 Å². The van der Waals surface area contributed by atoms with E-state index in [1.165, 1.54) is 19.4 Å². The van der Waals surface area contributed by atoms with Crippen molar-refractivity contribution < 1.29 is 4.79 Å². The van der Waals surface area contributed by atoms with E-state index in [0.717, 1.165) is 38.5 Å². The molecule has 0 aromatic heterocycles. The first-order valence-electron chi connectivity index (χ1n) is 7.38. The molecule has 2 atom stereocenters. The molecule has 0 radical (unpaired) electrons. The lowest BCUT2D eigenvalue weighted by Crippen LogP contribution is -2.54. The van der Waals surface area contributed by atoms with Crippen LogP contribution >= 0.6 is 0 Å². The number of rotatable bonds is 5. The molecule has 18 heavy (non-hydrogen) atoms. The minimum absolute atomic E-state index is 0.149. The average Bonchev–Trinajstić information content (AvgIpc) is 3.21. The van der Waals surface area contributed by atoms with Crippen LogP contribution in [-0.2, 0) is 4.79 Å². The zero-order valence-electron chi connectivity index (χ0n) is 11.8. The number of carbonyl (C=O) groups excluding carboxylic acids is 1. The number of hydrogen-bond acceptors (Lipinski definition) is 3. The van der Waals surface area contributed by atoms with Crippen LogP contribution in [0.15, 0.2) is 0 Å². The predicted octanol–water partition coefficient (Wildman–Crippen LogP) is 0.914. The van der Waals surface area contributed by atoms with Crippen LogP contribution in [0.3, 0.4) is 0 Å². The zero-order valence-corrected chi connectivity index (χ0v) is 11.8. The lowest BCUT2D eigenvalue weighted by atomic mass is 9.98. The smallest absolute Gasteiger partial charge is 0.239 e. The van der Waals surface area contributed by atoms with Crippen LogP contribution in [0.5, 0.6) is 0 Å². The molecule has 1 aliphatic carbocycles. The topological polar surface area (TPSA) is 49.6 Å². The lowest BCUT2D eigenvalue weighted by Gasteiger charge is -2.36. The monoisotopic (exact) mass is 253 g/mol. The maximum atomic E-state index is 12.2. The van der Waals surface area contributed by atoms with Gasteiger partial charge in [0.2, 0.25) is 5.91 Å². The van der Waals surface area contributed by atoms with Crippen LogP contribution in [0, 0.1) is 11.8 Å². The summed E-state index contributed by atoms with van der Waals surface area (Å²) in [5, 5.41) is 0. The molecule has 2 aliphatic rings. The third-order valence-electron chi connectivity index (χ3n) is 4.44. The number of amides is 1. The molecule has 4 nitrogen and oxygen atoms in total. The Balaban J connectivity index is 1.75. The van der Waals surface area contributed by atoms with Crippen LogP contribution in [-0.4, -0.2) is 54.5 Å². The van der Waals surface area contributed by atoms with E-state index in [2.05, 4.69) is 18.7 Å². The van der Waals surface area contributed by atoms with E-state index in [4.69, 9.17) is 5.73 Å². The second-order valence-corrected chi connectivity index (χ2v) is 5.98. The Morgan fingerprint density at radius 2 is 1.89 bits per heavy atom. The van der Waals surface area contributed by atoms with E-state index >= 15 is 0 Å². The van der Waals surface area contributed by atoms with Gasteiger partial charge in [-0.15, -0.1) is 0 Å². The van der Waals surface area contributed by atoms with Crippen LogP contribution in [0.25, 0.3) is 0 Å². The summed E-state index contributed by atoms with van der Waals surface area (Å²) in [6, 6.07) is -0.315. The maximum Gasteiger partial charge on any atom is 0.239 e. The normalized spacial score (nSPS) is 24.9. The molecule has 0 aromatic rings. The summed E-state index contributed by atoms with van der Waals surface area (Å²) in [6.45, 7) is 9.15. The molecule has 2 N–H and O–H groups in total. The Morgan fingerprint density at radius 3 is 2.39 bits per heavy atom. The molecule has 0 spiro atoms. The summed E-state index contributed by atoms with van der Waals surface area (Å²) in [5.41, 5.74) is 6.02. The summed E-state index contributed by atoms with van der Waals surface area (Å²) in [4.78, 5) is 16.7. The van der Waals surface area contributed by atoms with Gasteiger partial charge >= 0.3 is 0 Å². The number of carbonyl (C=O) groups is 1. The molecule has 2 fully saturated rings. The van der Waals surface area contributed by atoms with Gasteiger partial charge in [-0.2, -0.15) is 0 Å². The highest BCUT2D eigenvalue weighted by molar-refractivity contribution is 5.82. The summed E-state index contributed by atoms with van der Waals surface area (Å²) in [7, 11) is 0. The fourth-order valence-electron chi connectivity index (χ4n) is 2.52. The van der Waals surface area contributed by atoms with Crippen LogP contribution < -0.4 is 5.73 Å².